The van der Waals surface area contributed by atoms with Gasteiger partial charge in [0.1, 0.15) is 0 Å². The summed E-state index contributed by atoms with van der Waals surface area (Å²) >= 11 is 0. The van der Waals surface area contributed by atoms with Gasteiger partial charge < -0.3 is 10.2 Å². The van der Waals surface area contributed by atoms with E-state index in [1.165, 1.54) is 0 Å². The summed E-state index contributed by atoms with van der Waals surface area (Å²) < 4.78 is 0. The van der Waals surface area contributed by atoms with Crippen molar-refractivity contribution in [3.63, 3.8) is 0 Å². The molecule has 2 bridgehead atoms. The van der Waals surface area contributed by atoms with Gasteiger partial charge in [0, 0.05) is 0 Å². The smallest absolute Gasteiger partial charge is 0.307 e. The van der Waals surface area contributed by atoms with Crippen molar-refractivity contribution < 1.29 is 19.8 Å². The first kappa shape index (κ1) is 8.29. The fourth-order valence-corrected chi connectivity index (χ4v) is 2.50. The van der Waals surface area contributed by atoms with E-state index in [-0.39, 0.29) is 11.8 Å². The van der Waals surface area contributed by atoms with Gasteiger partial charge in [0.15, 0.2) is 0 Å². The maximum Gasteiger partial charge on any atom is 0.307 e. The van der Waals surface area contributed by atoms with Crippen LogP contribution >= 0.6 is 0 Å². The molecule has 0 radical (unpaired) electrons. The summed E-state index contributed by atoms with van der Waals surface area (Å²) in [6.45, 7) is 0. The summed E-state index contributed by atoms with van der Waals surface area (Å²) in [7, 11) is 0. The normalized spacial score (nSPS) is 40.9. The van der Waals surface area contributed by atoms with Crippen LogP contribution in [0.4, 0.5) is 0 Å². The Morgan fingerprint density at radius 1 is 1.00 bits per heavy atom. The van der Waals surface area contributed by atoms with Crippen LogP contribution in [-0.4, -0.2) is 22.2 Å². The van der Waals surface area contributed by atoms with Gasteiger partial charge in [-0.1, -0.05) is 12.2 Å². The van der Waals surface area contributed by atoms with E-state index >= 15 is 0 Å². The van der Waals surface area contributed by atoms with Gasteiger partial charge in [0.05, 0.1) is 11.8 Å². The van der Waals surface area contributed by atoms with Crippen LogP contribution in [0.1, 0.15) is 6.42 Å². The number of carboxylic acid groups (broad SMARTS) is 2. The quantitative estimate of drug-likeness (QED) is 0.613. The maximum absolute atomic E-state index is 10.8. The number of allylic oxidation sites excluding steroid dienone is 2. The van der Waals surface area contributed by atoms with Gasteiger partial charge in [-0.15, -0.1) is 0 Å². The molecule has 0 aromatic carbocycles. The first-order chi connectivity index (χ1) is 6.11. The molecule has 2 aliphatic carbocycles. The van der Waals surface area contributed by atoms with Crippen molar-refractivity contribution in [2.75, 3.05) is 0 Å². The number of rotatable bonds is 2. The minimum Gasteiger partial charge on any atom is -0.481 e. The molecule has 0 amide bonds. The van der Waals surface area contributed by atoms with E-state index in [0.717, 1.165) is 0 Å². The second-order valence-corrected chi connectivity index (χ2v) is 3.68. The van der Waals surface area contributed by atoms with E-state index < -0.39 is 23.8 Å². The van der Waals surface area contributed by atoms with Crippen molar-refractivity contribution in [2.24, 2.45) is 23.7 Å². The standard InChI is InChI=1S/C9H10O4/c10-8(11)6-4-1-2-5(3-4)7(6)9(12)13/h1-2,4-7H,3H2,(H,10,11)(H,12,13)/t4-,5-,6-,7?/m1/s1. The average molecular weight is 182 g/mol. The third-order valence-corrected chi connectivity index (χ3v) is 3.03. The second-order valence-electron chi connectivity index (χ2n) is 3.68. The fourth-order valence-electron chi connectivity index (χ4n) is 2.50. The van der Waals surface area contributed by atoms with Gasteiger partial charge in [-0.2, -0.15) is 0 Å². The predicted molar refractivity (Wildman–Crippen MR) is 43.0 cm³/mol. The van der Waals surface area contributed by atoms with E-state index in [1.54, 1.807) is 0 Å². The molecule has 4 nitrogen and oxygen atoms in total. The second kappa shape index (κ2) is 2.58. The van der Waals surface area contributed by atoms with Crippen LogP contribution in [0.5, 0.6) is 0 Å². The molecule has 0 heterocycles. The highest BCUT2D eigenvalue weighted by Gasteiger charge is 2.51. The van der Waals surface area contributed by atoms with E-state index in [1.807, 2.05) is 12.2 Å². The summed E-state index contributed by atoms with van der Waals surface area (Å²) in [6, 6.07) is 0. The van der Waals surface area contributed by atoms with Crippen molar-refractivity contribution in [1.29, 1.82) is 0 Å². The van der Waals surface area contributed by atoms with Gasteiger partial charge in [0.2, 0.25) is 0 Å². The minimum absolute atomic E-state index is 0.0661. The number of hydrogen-bond donors (Lipinski definition) is 2. The molecule has 4 heteroatoms. The highest BCUT2D eigenvalue weighted by Crippen LogP contribution is 2.48. The number of carbonyl (C=O) groups is 2. The number of aliphatic carboxylic acids is 2. The van der Waals surface area contributed by atoms with Crippen molar-refractivity contribution >= 4 is 11.9 Å². The Bertz CT molecular complexity index is 266. The molecule has 2 aliphatic rings. The molecule has 0 aliphatic heterocycles. The largest absolute Gasteiger partial charge is 0.481 e. The lowest BCUT2D eigenvalue weighted by Gasteiger charge is -2.20. The molecule has 0 spiro atoms. The van der Waals surface area contributed by atoms with Gasteiger partial charge in [-0.25, -0.2) is 0 Å². The van der Waals surface area contributed by atoms with E-state index in [0.29, 0.717) is 6.42 Å². The molecule has 1 fully saturated rings. The van der Waals surface area contributed by atoms with Crippen molar-refractivity contribution in [3.8, 4) is 0 Å². The highest BCUT2D eigenvalue weighted by atomic mass is 16.4. The molecule has 13 heavy (non-hydrogen) atoms. The van der Waals surface area contributed by atoms with Gasteiger partial charge in [0.25, 0.3) is 0 Å². The number of carboxylic acids is 2. The molecule has 1 unspecified atom stereocenters. The molecule has 0 saturated heterocycles. The van der Waals surface area contributed by atoms with E-state index in [4.69, 9.17) is 10.2 Å². The Hall–Kier alpha value is -1.32. The van der Waals surface area contributed by atoms with Gasteiger partial charge in [-0.3, -0.25) is 9.59 Å². The van der Waals surface area contributed by atoms with Crippen LogP contribution in [0.15, 0.2) is 12.2 Å². The predicted octanol–water partition coefficient (Wildman–Crippen LogP) is 0.594. The Morgan fingerprint density at radius 3 is 1.69 bits per heavy atom. The molecule has 1 saturated carbocycles. The third kappa shape index (κ3) is 1.05. The van der Waals surface area contributed by atoms with E-state index in [9.17, 15) is 9.59 Å². The van der Waals surface area contributed by atoms with Crippen LogP contribution in [-0.2, 0) is 9.59 Å². The van der Waals surface area contributed by atoms with Crippen LogP contribution in [0.25, 0.3) is 0 Å². The first-order valence-corrected chi connectivity index (χ1v) is 4.25. The zero-order valence-corrected chi connectivity index (χ0v) is 6.88. The van der Waals surface area contributed by atoms with E-state index in [2.05, 4.69) is 0 Å². The van der Waals surface area contributed by atoms with Crippen molar-refractivity contribution in [3.05, 3.63) is 12.2 Å². The molecule has 0 aromatic rings. The first-order valence-electron chi connectivity index (χ1n) is 4.25. The zero-order chi connectivity index (χ0) is 9.59. The lowest BCUT2D eigenvalue weighted by molar-refractivity contribution is -0.154. The summed E-state index contributed by atoms with van der Waals surface area (Å²) in [6.07, 6.45) is 4.36. The fraction of sp³-hybridized carbons (Fsp3) is 0.556. The van der Waals surface area contributed by atoms with Crippen LogP contribution in [0.2, 0.25) is 0 Å². The topological polar surface area (TPSA) is 74.6 Å². The van der Waals surface area contributed by atoms with Crippen LogP contribution in [0, 0.1) is 23.7 Å². The zero-order valence-electron chi connectivity index (χ0n) is 6.88. The molecule has 4 atom stereocenters. The third-order valence-electron chi connectivity index (χ3n) is 3.03. The Balaban J connectivity index is 2.30. The van der Waals surface area contributed by atoms with Crippen molar-refractivity contribution in [1.82, 2.24) is 0 Å². The summed E-state index contributed by atoms with van der Waals surface area (Å²) in [5.74, 6) is -3.53. The molecular weight excluding hydrogens is 172 g/mol. The summed E-state index contributed by atoms with van der Waals surface area (Å²) in [4.78, 5) is 21.6. The molecule has 2 N–H and O–H groups in total. The Morgan fingerprint density at radius 2 is 1.38 bits per heavy atom. The van der Waals surface area contributed by atoms with Gasteiger partial charge >= 0.3 is 11.9 Å². The summed E-state index contributed by atoms with van der Waals surface area (Å²) in [5, 5.41) is 17.7. The molecule has 70 valence electrons. The van der Waals surface area contributed by atoms with Crippen LogP contribution < -0.4 is 0 Å². The maximum atomic E-state index is 10.8. The number of fused-ring (bicyclic) bond motifs is 2. The van der Waals surface area contributed by atoms with Crippen LogP contribution in [0.3, 0.4) is 0 Å². The lowest BCUT2D eigenvalue weighted by atomic mass is 9.83. The molecule has 0 aromatic heterocycles. The molecule has 2 rings (SSSR count). The lowest BCUT2D eigenvalue weighted by Crippen LogP contribution is -2.32. The number of hydrogen-bond acceptors (Lipinski definition) is 2. The SMILES string of the molecule is O=C(O)C1[C@@H]2C=C[C@H](C2)[C@H]1C(=O)O. The Labute approximate surface area is 74.9 Å². The monoisotopic (exact) mass is 182 g/mol. The Kier molecular flexibility index (Phi) is 1.65. The summed E-state index contributed by atoms with van der Waals surface area (Å²) in [5.41, 5.74) is 0. The highest BCUT2D eigenvalue weighted by molar-refractivity contribution is 5.82. The average Bonchev–Trinajstić information content (AvgIpc) is 2.60. The molecular formula is C9H10O4. The van der Waals surface area contributed by atoms with Gasteiger partial charge in [-0.05, 0) is 18.3 Å². The minimum atomic E-state index is -0.982. The van der Waals surface area contributed by atoms with Crippen molar-refractivity contribution in [2.45, 2.75) is 6.42 Å².